The molecule has 24 nitrogen and oxygen atoms in total. The zero-order chi connectivity index (χ0) is 70.5. The summed E-state index contributed by atoms with van der Waals surface area (Å²) in [7, 11) is 8.68. The number of likely N-dealkylation sites (N-methyl/N-ethyl adjacent to an activating group) is 2. The normalized spacial score (nSPS) is 10.9. The van der Waals surface area contributed by atoms with Gasteiger partial charge in [-0.2, -0.15) is 13.8 Å². The second-order valence-electron chi connectivity index (χ2n) is 20.6. The highest BCUT2D eigenvalue weighted by atomic mass is 35.5. The molecule has 8 aromatic rings. The number of anilines is 8. The van der Waals surface area contributed by atoms with Crippen molar-refractivity contribution in [3.8, 4) is 11.5 Å². The Labute approximate surface area is 560 Å². The van der Waals surface area contributed by atoms with Crippen LogP contribution in [0.25, 0.3) is 0 Å². The van der Waals surface area contributed by atoms with Crippen LogP contribution in [0.2, 0.25) is 30.8 Å². The number of ether oxygens (including phenoxy) is 2. The fraction of sp³-hybridized carbons (Fsp3) is 0.276. The molecule has 0 unspecified atom stereocenters. The summed E-state index contributed by atoms with van der Waals surface area (Å²) in [4.78, 5) is 44.9. The van der Waals surface area contributed by atoms with Crippen LogP contribution >= 0.6 is 69.6 Å². The van der Waals surface area contributed by atoms with Crippen LogP contribution in [-0.4, -0.2) is 108 Å². The van der Waals surface area contributed by atoms with E-state index in [2.05, 4.69) is 74.9 Å². The Morgan fingerprint density at radius 3 is 1.35 bits per heavy atom. The number of nitrogens with one attached hydrogen (secondary N) is 4. The summed E-state index contributed by atoms with van der Waals surface area (Å²) in [6.45, 7) is 11.3. The van der Waals surface area contributed by atoms with Crippen LogP contribution in [0.5, 0.6) is 11.5 Å². The number of hydrogen-bond acceptors (Lipinski definition) is 22. The molecular formula is C58H64Cl6F5N15O9. The molecule has 0 radical (unpaired) electrons. The van der Waals surface area contributed by atoms with Gasteiger partial charge in [-0.05, 0) is 140 Å². The van der Waals surface area contributed by atoms with Crippen LogP contribution in [0.3, 0.4) is 0 Å². The van der Waals surface area contributed by atoms with Crippen molar-refractivity contribution in [2.75, 3.05) is 75.9 Å². The minimum Gasteiger partial charge on any atom is -0.494 e. The van der Waals surface area contributed by atoms with E-state index < -0.39 is 67.1 Å². The van der Waals surface area contributed by atoms with E-state index in [0.29, 0.717) is 39.2 Å². The zero-order valence-electron chi connectivity index (χ0n) is 51.3. The van der Waals surface area contributed by atoms with E-state index in [1.165, 1.54) is 90.8 Å². The number of aromatic nitrogens is 6. The van der Waals surface area contributed by atoms with Crippen molar-refractivity contribution in [1.82, 2.24) is 40.1 Å². The summed E-state index contributed by atoms with van der Waals surface area (Å²) in [5.41, 5.74) is 7.80. The third-order valence-corrected chi connectivity index (χ3v) is 13.1. The molecule has 0 saturated heterocycles. The molecule has 0 fully saturated rings. The Kier molecular flexibility index (Phi) is 30.5. The quantitative estimate of drug-likeness (QED) is 0.0108. The lowest BCUT2D eigenvalue weighted by atomic mass is 9.96. The van der Waals surface area contributed by atoms with Crippen molar-refractivity contribution in [3.05, 3.63) is 194 Å². The molecule has 0 saturated carbocycles. The van der Waals surface area contributed by atoms with E-state index in [9.17, 15) is 57.5 Å². The number of halogens is 11. The van der Waals surface area contributed by atoms with E-state index in [-0.39, 0.29) is 65.8 Å². The predicted molar refractivity (Wildman–Crippen MR) is 351 cm³/mol. The average Bonchev–Trinajstić information content (AvgIpc) is 0.846. The molecule has 93 heavy (non-hydrogen) atoms. The van der Waals surface area contributed by atoms with Gasteiger partial charge in [-0.15, -0.1) is 0 Å². The molecule has 502 valence electrons. The standard InChI is InChI=1S/C20H18ClF2N5O4.C13H12Cl2FN3O.C9H11ClFNO.C7H7FN2O3.C5H14N2.C4H2Cl2N2/c1-20(2,29)10-6-12(22)11(21)7-14(10)25-18-4-5-24-19(27-18)26-15-9-16(28(30)31)13(23)8-17(15)32-3;1-13(2,20)7-5-9(16)8(14)6-10(7)18-11-3-4-17-12(15)19-11;1-9(2,13)5-3-7(11)6(10)4-8(5)12;1-13-7-2-4(8)6(10(11)12)3-5(7)9;1-6-4-5-7(2)3;5-3-1-2-7-4(6)8-3/h4-9,29H,1-3H3,(H2,24,25,26,27);3-6,20H,1-2H3,(H,17,18,19);3-4,13H,12H2,1-2H3;2-3H,9H2,1H3;6H,4-5H2,1-3H3;1-2H. The number of nitrogen functional groups attached to an aromatic ring is 2. The van der Waals surface area contributed by atoms with Crippen molar-refractivity contribution in [1.29, 1.82) is 0 Å². The largest absolute Gasteiger partial charge is 0.494 e. The summed E-state index contributed by atoms with van der Waals surface area (Å²) in [5, 5.41) is 63.4. The fourth-order valence-corrected chi connectivity index (χ4v) is 8.14. The minimum atomic E-state index is -1.39. The van der Waals surface area contributed by atoms with Gasteiger partial charge in [-0.1, -0.05) is 46.4 Å². The first kappa shape index (κ1) is 79.2. The monoisotopic (exact) mass is 1420 g/mol. The molecule has 0 spiro atoms. The van der Waals surface area contributed by atoms with E-state index >= 15 is 0 Å². The van der Waals surface area contributed by atoms with Gasteiger partial charge >= 0.3 is 11.4 Å². The maximum Gasteiger partial charge on any atom is 0.307 e. The molecule has 5 aromatic carbocycles. The minimum absolute atomic E-state index is 0.00435. The van der Waals surface area contributed by atoms with Crippen molar-refractivity contribution < 1.29 is 56.6 Å². The summed E-state index contributed by atoms with van der Waals surface area (Å²) in [6, 6.07) is 15.8. The summed E-state index contributed by atoms with van der Waals surface area (Å²) in [5.74, 6) is -3.13. The van der Waals surface area contributed by atoms with Crippen LogP contribution in [0.1, 0.15) is 58.2 Å². The van der Waals surface area contributed by atoms with Crippen LogP contribution in [0, 0.1) is 49.3 Å². The number of aliphatic hydroxyl groups is 3. The Morgan fingerprint density at radius 2 is 0.957 bits per heavy atom. The lowest BCUT2D eigenvalue weighted by Crippen LogP contribution is -2.23. The van der Waals surface area contributed by atoms with Gasteiger partial charge in [-0.3, -0.25) is 20.2 Å². The van der Waals surface area contributed by atoms with Crippen LogP contribution in [0.15, 0.2) is 97.5 Å². The molecule has 11 N–H and O–H groups in total. The summed E-state index contributed by atoms with van der Waals surface area (Å²) < 4.78 is 77.0. The van der Waals surface area contributed by atoms with Gasteiger partial charge < -0.3 is 62.4 Å². The molecule has 0 amide bonds. The van der Waals surface area contributed by atoms with E-state index in [4.69, 9.17) is 85.8 Å². The Morgan fingerprint density at radius 1 is 0.538 bits per heavy atom. The number of nitrogens with two attached hydrogens (primary N) is 2. The molecule has 3 heterocycles. The SMILES string of the molecule is CC(C)(O)c1cc(F)c(Cl)cc1N.CC(C)(O)c1cc(F)c(Cl)cc1Nc1ccnc(Cl)n1.CNCCN(C)C.COc1cc(F)c([N+](=O)[O-])cc1N.COc1cc(F)c([N+](=O)[O-])cc1Nc1nccc(Nc2cc(Cl)c(F)cc2C(C)(C)O)n1.Clc1ccnc(Cl)n1. The molecule has 8 rings (SSSR count). The average molecular weight is 1420 g/mol. The van der Waals surface area contributed by atoms with E-state index in [1.807, 2.05) is 7.05 Å². The topological polar surface area (TPSA) is 346 Å². The first-order valence-electron chi connectivity index (χ1n) is 26.5. The number of benzene rings is 5. The Balaban J connectivity index is 0.000000317. The fourth-order valence-electron chi connectivity index (χ4n) is 7.17. The lowest BCUT2D eigenvalue weighted by Gasteiger charge is -2.22. The molecule has 35 heteroatoms. The molecule has 0 aliphatic rings. The van der Waals surface area contributed by atoms with Crippen LogP contribution < -0.4 is 42.2 Å². The van der Waals surface area contributed by atoms with Gasteiger partial charge in [-0.25, -0.2) is 38.1 Å². The van der Waals surface area contributed by atoms with Crippen molar-refractivity contribution in [2.24, 2.45) is 0 Å². The Bertz CT molecular complexity index is 3840. The molecule has 0 bridgehead atoms. The smallest absolute Gasteiger partial charge is 0.307 e. The third-order valence-electron chi connectivity index (χ3n) is 11.6. The number of rotatable bonds is 16. The number of nitro groups is 2. The number of methoxy groups -OCH3 is 2. The predicted octanol–water partition coefficient (Wildman–Crippen LogP) is 14.1. The highest BCUT2D eigenvalue weighted by Gasteiger charge is 2.26. The molecule has 0 aliphatic carbocycles. The first-order valence-corrected chi connectivity index (χ1v) is 28.7. The van der Waals surface area contributed by atoms with Gasteiger partial charge in [0.2, 0.25) is 28.1 Å². The van der Waals surface area contributed by atoms with E-state index in [1.54, 1.807) is 26.0 Å². The number of hydrogen-bond donors (Lipinski definition) is 9. The van der Waals surface area contributed by atoms with Gasteiger partial charge in [0.1, 0.15) is 45.7 Å². The molecular weight excluding hydrogens is 1360 g/mol. The van der Waals surface area contributed by atoms with Crippen molar-refractivity contribution in [2.45, 2.75) is 58.3 Å². The van der Waals surface area contributed by atoms with Crippen molar-refractivity contribution >= 4 is 127 Å². The highest BCUT2D eigenvalue weighted by molar-refractivity contribution is 6.32. The van der Waals surface area contributed by atoms with Crippen LogP contribution in [-0.2, 0) is 16.8 Å². The molecule has 3 aromatic heterocycles. The summed E-state index contributed by atoms with van der Waals surface area (Å²) >= 11 is 33.6. The maximum atomic E-state index is 13.9. The van der Waals surface area contributed by atoms with Gasteiger partial charge in [0, 0.05) is 89.7 Å². The second-order valence-corrected chi connectivity index (χ2v) is 22.9. The van der Waals surface area contributed by atoms with Gasteiger partial charge in [0.15, 0.2) is 0 Å². The second kappa shape index (κ2) is 35.8. The van der Waals surface area contributed by atoms with E-state index in [0.717, 1.165) is 49.5 Å². The molecule has 0 atom stereocenters. The van der Waals surface area contributed by atoms with Crippen LogP contribution in [0.4, 0.5) is 79.3 Å². The number of nitrogens with zero attached hydrogens (tertiary/aromatic N) is 9. The number of nitro benzene ring substituents is 2. The molecule has 0 aliphatic heterocycles. The van der Waals surface area contributed by atoms with Gasteiger partial charge in [0.05, 0.1) is 67.3 Å². The summed E-state index contributed by atoms with van der Waals surface area (Å²) in [6.07, 6.45) is 4.36. The lowest BCUT2D eigenvalue weighted by molar-refractivity contribution is -0.387. The first-order chi connectivity index (χ1) is 43.2. The maximum absolute atomic E-state index is 13.9. The van der Waals surface area contributed by atoms with Gasteiger partial charge in [0.25, 0.3) is 0 Å². The Hall–Kier alpha value is -8.07. The zero-order valence-corrected chi connectivity index (χ0v) is 55.8. The highest BCUT2D eigenvalue weighted by Crippen LogP contribution is 2.38. The van der Waals surface area contributed by atoms with Crippen molar-refractivity contribution in [3.63, 3.8) is 0 Å². The third kappa shape index (κ3) is 25.7.